The summed E-state index contributed by atoms with van der Waals surface area (Å²) in [5, 5.41) is 2.50. The molecule has 0 aromatic heterocycles. The Morgan fingerprint density at radius 1 is 1.17 bits per heavy atom. The number of hydrogen-bond acceptors (Lipinski definition) is 1. The summed E-state index contributed by atoms with van der Waals surface area (Å²) in [7, 11) is -2.13. The summed E-state index contributed by atoms with van der Waals surface area (Å²) >= 11 is 0. The van der Waals surface area contributed by atoms with Gasteiger partial charge in [-0.15, -0.1) is 4.89 Å². The Kier molecular flexibility index (Phi) is 9.13. The normalized spacial score (nSPS) is 11.7. The van der Waals surface area contributed by atoms with E-state index in [9.17, 15) is 4.57 Å². The Balaban J connectivity index is 2.86. The molecule has 0 aliphatic carbocycles. The van der Waals surface area contributed by atoms with Crippen LogP contribution in [-0.2, 0) is 4.57 Å². The van der Waals surface area contributed by atoms with E-state index in [1.165, 1.54) is 25.7 Å². The fraction of sp³-hybridized carbons (Fsp3) is 1.00. The Morgan fingerprint density at radius 2 is 1.75 bits per heavy atom. The number of hydrogen-bond donors (Lipinski definition) is 2. The van der Waals surface area contributed by atoms with Gasteiger partial charge in [-0.3, -0.25) is 0 Å². The van der Waals surface area contributed by atoms with Gasteiger partial charge in [-0.25, -0.2) is 0 Å². The van der Waals surface area contributed by atoms with E-state index in [0.717, 1.165) is 12.8 Å². The Hall–Kier alpha value is 0.0200. The van der Waals surface area contributed by atoms with Crippen LogP contribution in [0.15, 0.2) is 0 Å². The second-order valence-electron chi connectivity index (χ2n) is 2.95. The van der Waals surface area contributed by atoms with E-state index in [-0.39, 0.29) is 0 Å². The Bertz CT molecular complexity index is 120. The molecule has 0 fully saturated rings. The van der Waals surface area contributed by atoms with Crippen molar-refractivity contribution < 1.29 is 9.46 Å². The highest BCUT2D eigenvalue weighted by Crippen LogP contribution is 2.07. The average molecular weight is 192 g/mol. The van der Waals surface area contributed by atoms with Crippen LogP contribution in [0.4, 0.5) is 0 Å². The quantitative estimate of drug-likeness (QED) is 0.459. The van der Waals surface area contributed by atoms with E-state index < -0.39 is 8.18 Å². The van der Waals surface area contributed by atoms with E-state index in [1.807, 2.05) is 0 Å². The van der Waals surface area contributed by atoms with Crippen LogP contribution in [0.1, 0.15) is 45.4 Å². The highest BCUT2D eigenvalue weighted by Gasteiger charge is 2.06. The molecule has 0 aliphatic rings. The van der Waals surface area contributed by atoms with Crippen LogP contribution in [0.25, 0.3) is 0 Å². The minimum Gasteiger partial charge on any atom is -0.144 e. The summed E-state index contributed by atoms with van der Waals surface area (Å²) in [6.45, 7) is 2.86. The molecule has 0 aromatic rings. The first kappa shape index (κ1) is 12.0. The molecule has 4 heteroatoms. The first-order chi connectivity index (χ1) is 5.77. The zero-order valence-electron chi connectivity index (χ0n) is 7.75. The zero-order chi connectivity index (χ0) is 9.23. The van der Waals surface area contributed by atoms with Gasteiger partial charge in [0.2, 0.25) is 0 Å². The van der Waals surface area contributed by atoms with Gasteiger partial charge < -0.3 is 0 Å². The van der Waals surface area contributed by atoms with E-state index in [0.29, 0.717) is 6.54 Å². The lowest BCUT2D eigenvalue weighted by atomic mass is 10.1. The monoisotopic (exact) mass is 192 g/mol. The molecule has 2 N–H and O–H groups in total. The van der Waals surface area contributed by atoms with E-state index in [2.05, 4.69) is 12.0 Å². The largest absolute Gasteiger partial charge is 0.610 e. The van der Waals surface area contributed by atoms with E-state index in [4.69, 9.17) is 4.89 Å². The zero-order valence-corrected chi connectivity index (χ0v) is 8.65. The molecule has 0 aliphatic heterocycles. The SMILES string of the molecule is CCCCCCCCN[P+](=O)O. The molecule has 3 nitrogen and oxygen atoms in total. The van der Waals surface area contributed by atoms with Crippen LogP contribution >= 0.6 is 8.18 Å². The van der Waals surface area contributed by atoms with Gasteiger partial charge in [0.15, 0.2) is 0 Å². The molecule has 72 valence electrons. The first-order valence-corrected chi connectivity index (χ1v) is 5.88. The van der Waals surface area contributed by atoms with Crippen molar-refractivity contribution in [1.82, 2.24) is 5.09 Å². The number of rotatable bonds is 8. The van der Waals surface area contributed by atoms with Gasteiger partial charge in [0.1, 0.15) is 0 Å². The topological polar surface area (TPSA) is 49.3 Å². The molecule has 0 spiro atoms. The molecular formula is C8H19NO2P+. The molecule has 0 aromatic carbocycles. The van der Waals surface area contributed by atoms with Gasteiger partial charge in [-0.05, 0) is 11.0 Å². The van der Waals surface area contributed by atoms with Crippen LogP contribution in [0.2, 0.25) is 0 Å². The smallest absolute Gasteiger partial charge is 0.144 e. The third kappa shape index (κ3) is 10.0. The van der Waals surface area contributed by atoms with Crippen LogP contribution in [0.3, 0.4) is 0 Å². The lowest BCUT2D eigenvalue weighted by Gasteiger charge is -1.96. The van der Waals surface area contributed by atoms with Crippen molar-refractivity contribution >= 4 is 8.18 Å². The second-order valence-corrected chi connectivity index (χ2v) is 3.81. The molecule has 1 atom stereocenters. The molecule has 0 amide bonds. The first-order valence-electron chi connectivity index (χ1n) is 4.67. The van der Waals surface area contributed by atoms with E-state index >= 15 is 0 Å². The van der Waals surface area contributed by atoms with Crippen LogP contribution in [0, 0.1) is 0 Å². The standard InChI is InChI=1S/C8H18NO2P/c1-2-3-4-5-6-7-8-9-12(10)11/h2-8H2,1H3,(H-,9,10,11)/p+1. The van der Waals surface area contributed by atoms with Gasteiger partial charge in [0.05, 0.1) is 0 Å². The second kappa shape index (κ2) is 9.11. The molecule has 0 saturated heterocycles. The highest BCUT2D eigenvalue weighted by molar-refractivity contribution is 7.35. The fourth-order valence-electron chi connectivity index (χ4n) is 1.08. The molecule has 0 bridgehead atoms. The predicted molar refractivity (Wildman–Crippen MR) is 51.2 cm³/mol. The minimum atomic E-state index is -2.13. The number of unbranched alkanes of at least 4 members (excludes halogenated alkanes) is 5. The molecule has 0 heterocycles. The number of nitrogens with one attached hydrogen (secondary N) is 1. The third-order valence-electron chi connectivity index (χ3n) is 1.78. The van der Waals surface area contributed by atoms with Crippen molar-refractivity contribution in [2.45, 2.75) is 45.4 Å². The van der Waals surface area contributed by atoms with Crippen molar-refractivity contribution in [1.29, 1.82) is 0 Å². The fourth-order valence-corrected chi connectivity index (χ4v) is 1.43. The van der Waals surface area contributed by atoms with Crippen LogP contribution in [0.5, 0.6) is 0 Å². The molecule has 0 radical (unpaired) electrons. The maximum Gasteiger partial charge on any atom is 0.610 e. The predicted octanol–water partition coefficient (Wildman–Crippen LogP) is 2.59. The maximum absolute atomic E-state index is 10.2. The molecule has 1 unspecified atom stereocenters. The molecule has 12 heavy (non-hydrogen) atoms. The summed E-state index contributed by atoms with van der Waals surface area (Å²) in [5.41, 5.74) is 0. The summed E-state index contributed by atoms with van der Waals surface area (Å²) in [6.07, 6.45) is 7.28. The molecule has 0 saturated carbocycles. The minimum absolute atomic E-state index is 0.665. The van der Waals surface area contributed by atoms with Gasteiger partial charge >= 0.3 is 8.18 Å². The summed E-state index contributed by atoms with van der Waals surface area (Å²) in [4.78, 5) is 8.39. The average Bonchev–Trinajstić information content (AvgIpc) is 2.02. The van der Waals surface area contributed by atoms with Crippen molar-refractivity contribution in [3.05, 3.63) is 0 Å². The van der Waals surface area contributed by atoms with Crippen molar-refractivity contribution in [2.75, 3.05) is 6.54 Å². The summed E-state index contributed by atoms with van der Waals surface area (Å²) < 4.78 is 10.2. The van der Waals surface area contributed by atoms with Gasteiger partial charge in [-0.1, -0.05) is 44.1 Å². The lowest BCUT2D eigenvalue weighted by molar-refractivity contribution is 0.486. The maximum atomic E-state index is 10.2. The lowest BCUT2D eigenvalue weighted by Crippen LogP contribution is -2.04. The van der Waals surface area contributed by atoms with Crippen LogP contribution < -0.4 is 5.09 Å². The van der Waals surface area contributed by atoms with Gasteiger partial charge in [0, 0.05) is 6.54 Å². The van der Waals surface area contributed by atoms with Crippen molar-refractivity contribution in [2.24, 2.45) is 0 Å². The van der Waals surface area contributed by atoms with E-state index in [1.54, 1.807) is 0 Å². The van der Waals surface area contributed by atoms with Crippen LogP contribution in [-0.4, -0.2) is 11.4 Å². The third-order valence-corrected chi connectivity index (χ3v) is 2.27. The summed E-state index contributed by atoms with van der Waals surface area (Å²) in [6, 6.07) is 0. The van der Waals surface area contributed by atoms with Crippen molar-refractivity contribution in [3.63, 3.8) is 0 Å². The highest BCUT2D eigenvalue weighted by atomic mass is 31.1. The van der Waals surface area contributed by atoms with Crippen molar-refractivity contribution in [3.8, 4) is 0 Å². The summed E-state index contributed by atoms with van der Waals surface area (Å²) in [5.74, 6) is 0. The van der Waals surface area contributed by atoms with Gasteiger partial charge in [-0.2, -0.15) is 0 Å². The molecular weight excluding hydrogens is 173 g/mol. The Morgan fingerprint density at radius 3 is 2.33 bits per heavy atom. The Labute approximate surface area is 75.5 Å². The van der Waals surface area contributed by atoms with Gasteiger partial charge in [0.25, 0.3) is 0 Å². The molecule has 0 rings (SSSR count).